The first-order valence-electron chi connectivity index (χ1n) is 5.75. The van der Waals surface area contributed by atoms with Crippen LogP contribution in [0.5, 0.6) is 0 Å². The summed E-state index contributed by atoms with van der Waals surface area (Å²) in [5.74, 6) is 0. The maximum absolute atomic E-state index is 6.06. The second-order valence-corrected chi connectivity index (χ2v) is 11.1. The minimum absolute atomic E-state index is 0.355. The van der Waals surface area contributed by atoms with Gasteiger partial charge in [-0.25, -0.2) is 0 Å². The zero-order chi connectivity index (χ0) is 12.2. The standard InChI is InChI=1S/C13H21IOSi/c1-11(15-16(2,3)4)10-13(14)12-8-6-5-7-9-12/h5-9,11,13H,10H2,1-4H3. The van der Waals surface area contributed by atoms with Crippen molar-refractivity contribution in [2.45, 2.75) is 43.0 Å². The molecule has 1 aromatic rings. The van der Waals surface area contributed by atoms with Crippen molar-refractivity contribution in [3.05, 3.63) is 35.9 Å². The fourth-order valence-electron chi connectivity index (χ4n) is 1.74. The van der Waals surface area contributed by atoms with Gasteiger partial charge in [0, 0.05) is 10.0 Å². The van der Waals surface area contributed by atoms with Crippen molar-refractivity contribution in [1.29, 1.82) is 0 Å². The lowest BCUT2D eigenvalue weighted by Crippen LogP contribution is -2.30. The summed E-state index contributed by atoms with van der Waals surface area (Å²) in [4.78, 5) is 0. The summed E-state index contributed by atoms with van der Waals surface area (Å²) in [6.07, 6.45) is 1.45. The molecule has 90 valence electrons. The molecule has 0 spiro atoms. The zero-order valence-corrected chi connectivity index (χ0v) is 13.7. The molecule has 1 rings (SSSR count). The van der Waals surface area contributed by atoms with Gasteiger partial charge in [-0.3, -0.25) is 0 Å². The maximum atomic E-state index is 6.06. The highest BCUT2D eigenvalue weighted by Crippen LogP contribution is 2.29. The normalized spacial score (nSPS) is 15.8. The Kier molecular flexibility index (Phi) is 5.47. The van der Waals surface area contributed by atoms with Crippen LogP contribution >= 0.6 is 22.6 Å². The second kappa shape index (κ2) is 6.17. The van der Waals surface area contributed by atoms with Gasteiger partial charge in [-0.05, 0) is 38.5 Å². The fourth-order valence-corrected chi connectivity index (χ4v) is 4.18. The molecular weight excluding hydrogens is 327 g/mol. The Morgan fingerprint density at radius 2 is 1.75 bits per heavy atom. The summed E-state index contributed by atoms with van der Waals surface area (Å²) in [6.45, 7) is 8.92. The molecule has 0 amide bonds. The number of alkyl halides is 1. The van der Waals surface area contributed by atoms with Crippen LogP contribution in [0, 0.1) is 0 Å². The third-order valence-electron chi connectivity index (χ3n) is 2.25. The third-order valence-corrected chi connectivity index (χ3v) is 4.59. The van der Waals surface area contributed by atoms with Gasteiger partial charge in [-0.2, -0.15) is 0 Å². The first-order chi connectivity index (χ1) is 7.38. The van der Waals surface area contributed by atoms with Crippen molar-refractivity contribution in [2.75, 3.05) is 0 Å². The monoisotopic (exact) mass is 348 g/mol. The smallest absolute Gasteiger partial charge is 0.184 e. The molecule has 16 heavy (non-hydrogen) atoms. The predicted molar refractivity (Wildman–Crippen MR) is 81.7 cm³/mol. The Hall–Kier alpha value is 0.127. The van der Waals surface area contributed by atoms with E-state index in [1.54, 1.807) is 0 Å². The largest absolute Gasteiger partial charge is 0.415 e. The van der Waals surface area contributed by atoms with Gasteiger partial charge in [0.25, 0.3) is 0 Å². The van der Waals surface area contributed by atoms with Crippen molar-refractivity contribution in [2.24, 2.45) is 0 Å². The van der Waals surface area contributed by atoms with E-state index in [1.165, 1.54) is 5.56 Å². The number of hydrogen-bond acceptors (Lipinski definition) is 1. The van der Waals surface area contributed by atoms with Crippen LogP contribution in [0.15, 0.2) is 30.3 Å². The van der Waals surface area contributed by atoms with Crippen molar-refractivity contribution in [1.82, 2.24) is 0 Å². The highest BCUT2D eigenvalue weighted by Gasteiger charge is 2.20. The van der Waals surface area contributed by atoms with E-state index in [4.69, 9.17) is 4.43 Å². The number of hydrogen-bond donors (Lipinski definition) is 0. The van der Waals surface area contributed by atoms with E-state index in [-0.39, 0.29) is 0 Å². The number of halogens is 1. The molecular formula is C13H21IOSi. The van der Waals surface area contributed by atoms with Gasteiger partial charge in [0.15, 0.2) is 8.32 Å². The number of benzene rings is 1. The number of rotatable bonds is 5. The fraction of sp³-hybridized carbons (Fsp3) is 0.538. The van der Waals surface area contributed by atoms with Crippen molar-refractivity contribution in [3.8, 4) is 0 Å². The van der Waals surface area contributed by atoms with Crippen LogP contribution in [-0.4, -0.2) is 14.4 Å². The highest BCUT2D eigenvalue weighted by molar-refractivity contribution is 14.1. The molecule has 0 aliphatic carbocycles. The lowest BCUT2D eigenvalue weighted by molar-refractivity contribution is 0.204. The molecule has 3 heteroatoms. The quantitative estimate of drug-likeness (QED) is 0.422. The summed E-state index contributed by atoms with van der Waals surface area (Å²) < 4.78 is 6.61. The molecule has 0 saturated heterocycles. The molecule has 0 aromatic heterocycles. The molecule has 1 aromatic carbocycles. The summed E-state index contributed by atoms with van der Waals surface area (Å²) >= 11 is 2.51. The van der Waals surface area contributed by atoms with Crippen LogP contribution in [0.4, 0.5) is 0 Å². The lowest BCUT2D eigenvalue weighted by Gasteiger charge is -2.25. The molecule has 2 unspecified atom stereocenters. The van der Waals surface area contributed by atoms with E-state index in [2.05, 4.69) is 79.5 Å². The zero-order valence-electron chi connectivity index (χ0n) is 10.5. The summed E-state index contributed by atoms with van der Waals surface area (Å²) in [5.41, 5.74) is 1.40. The minimum atomic E-state index is -1.39. The second-order valence-electron chi connectivity index (χ2n) is 5.15. The summed E-state index contributed by atoms with van der Waals surface area (Å²) in [7, 11) is -1.39. The molecule has 0 radical (unpaired) electrons. The van der Waals surface area contributed by atoms with E-state index in [0.717, 1.165) is 6.42 Å². The molecule has 0 fully saturated rings. The minimum Gasteiger partial charge on any atom is -0.415 e. The average molecular weight is 348 g/mol. The van der Waals surface area contributed by atoms with Gasteiger partial charge in [0.2, 0.25) is 0 Å². The van der Waals surface area contributed by atoms with Gasteiger partial charge < -0.3 is 4.43 Å². The third kappa shape index (κ3) is 5.45. The van der Waals surface area contributed by atoms with Crippen LogP contribution in [0.25, 0.3) is 0 Å². The topological polar surface area (TPSA) is 9.23 Å². The van der Waals surface area contributed by atoms with E-state index in [1.807, 2.05) is 0 Å². The molecule has 1 nitrogen and oxygen atoms in total. The Morgan fingerprint density at radius 3 is 2.25 bits per heavy atom. The van der Waals surface area contributed by atoms with Gasteiger partial charge in [0.05, 0.1) is 0 Å². The molecule has 0 saturated carbocycles. The van der Waals surface area contributed by atoms with E-state index in [0.29, 0.717) is 10.0 Å². The van der Waals surface area contributed by atoms with E-state index in [9.17, 15) is 0 Å². The van der Waals surface area contributed by atoms with Gasteiger partial charge in [0.1, 0.15) is 0 Å². The Bertz CT molecular complexity index is 307. The highest BCUT2D eigenvalue weighted by atomic mass is 127. The van der Waals surface area contributed by atoms with Crippen LogP contribution < -0.4 is 0 Å². The SMILES string of the molecule is CC(CC(I)c1ccccc1)O[Si](C)(C)C. The Labute approximate surface area is 114 Å². The van der Waals surface area contributed by atoms with Crippen molar-refractivity contribution < 1.29 is 4.43 Å². The molecule has 0 N–H and O–H groups in total. The van der Waals surface area contributed by atoms with Crippen LogP contribution in [0.2, 0.25) is 19.6 Å². The van der Waals surface area contributed by atoms with Gasteiger partial charge in [-0.1, -0.05) is 52.9 Å². The molecule has 0 aliphatic heterocycles. The van der Waals surface area contributed by atoms with Crippen LogP contribution in [0.1, 0.15) is 22.8 Å². The average Bonchev–Trinajstić information content (AvgIpc) is 2.16. The lowest BCUT2D eigenvalue weighted by atomic mass is 10.1. The van der Waals surface area contributed by atoms with Gasteiger partial charge in [-0.15, -0.1) is 0 Å². The first kappa shape index (κ1) is 14.2. The first-order valence-corrected chi connectivity index (χ1v) is 10.4. The maximum Gasteiger partial charge on any atom is 0.184 e. The molecule has 0 aliphatic rings. The Balaban J connectivity index is 2.49. The van der Waals surface area contributed by atoms with Crippen LogP contribution in [0.3, 0.4) is 0 Å². The molecule has 0 bridgehead atoms. The van der Waals surface area contributed by atoms with Gasteiger partial charge >= 0.3 is 0 Å². The van der Waals surface area contributed by atoms with Crippen molar-refractivity contribution in [3.63, 3.8) is 0 Å². The molecule has 0 heterocycles. The Morgan fingerprint density at radius 1 is 1.19 bits per heavy atom. The van der Waals surface area contributed by atoms with E-state index < -0.39 is 8.32 Å². The summed E-state index contributed by atoms with van der Waals surface area (Å²) in [6, 6.07) is 10.7. The molecule has 2 atom stereocenters. The van der Waals surface area contributed by atoms with Crippen LogP contribution in [-0.2, 0) is 4.43 Å². The van der Waals surface area contributed by atoms with E-state index >= 15 is 0 Å². The summed E-state index contributed by atoms with van der Waals surface area (Å²) in [5, 5.41) is 0. The predicted octanol–water partition coefficient (Wildman–Crippen LogP) is 4.79. The van der Waals surface area contributed by atoms with Crippen molar-refractivity contribution >= 4 is 30.9 Å².